The number of rotatable bonds is 13. The topological polar surface area (TPSA) is 38.7 Å². The smallest absolute Gasteiger partial charge is 0.191 e. The Morgan fingerprint density at radius 3 is 1.69 bits per heavy atom. The van der Waals surface area contributed by atoms with Crippen molar-refractivity contribution in [2.45, 2.75) is 128 Å². The lowest BCUT2D eigenvalue weighted by atomic mass is 10.1. The molecule has 0 spiro atoms. The summed E-state index contributed by atoms with van der Waals surface area (Å²) in [6.45, 7) is 35.3. The maximum atomic E-state index is 10.5. The van der Waals surface area contributed by atoms with Crippen molar-refractivity contribution in [1.82, 2.24) is 0 Å². The van der Waals surface area contributed by atoms with Crippen LogP contribution in [0.4, 0.5) is 0 Å². The minimum atomic E-state index is -1.69. The van der Waals surface area contributed by atoms with Crippen molar-refractivity contribution in [3.8, 4) is 0 Å². The maximum Gasteiger partial charge on any atom is 0.191 e. The largest absolute Gasteiger partial charge is 0.417 e. The summed E-state index contributed by atoms with van der Waals surface area (Å²) in [7, 11) is -6.37. The molecule has 0 aliphatic heterocycles. The molecule has 0 aliphatic carbocycles. The van der Waals surface area contributed by atoms with E-state index in [0.717, 1.165) is 19.4 Å². The highest BCUT2D eigenvalue weighted by molar-refractivity contribution is 14.1. The van der Waals surface area contributed by atoms with Gasteiger partial charge >= 0.3 is 0 Å². The third-order valence-electron chi connectivity index (χ3n) is 7.16. The average molecular weight is 631 g/mol. The van der Waals surface area contributed by atoms with Gasteiger partial charge < -0.3 is 14.3 Å². The first-order chi connectivity index (χ1) is 14.0. The molecule has 0 aromatic rings. The number of aliphatic hydroxyl groups excluding tert-OH is 1. The maximum absolute atomic E-state index is 10.5. The summed E-state index contributed by atoms with van der Waals surface area (Å²) in [5.41, 5.74) is 0. The quantitative estimate of drug-likeness (QED) is 0.127. The first kappa shape index (κ1) is 33.2. The molecule has 192 valence electrons. The van der Waals surface area contributed by atoms with Gasteiger partial charge in [0.05, 0.1) is 36.9 Å². The molecule has 3 nitrogen and oxygen atoms in total. The van der Waals surface area contributed by atoms with Crippen molar-refractivity contribution >= 4 is 55.1 Å². The molecule has 0 aliphatic rings. The second-order valence-electron chi connectivity index (χ2n) is 14.0. The standard InChI is InChI=1S/C24H55IO3Si4/c1-23(2,3)32(13,14)28-19-15-16-22(26)18-17-21(25)20-27-24(29(4,5)6,30(7,8)9)31(10,11)12/h17,22,26H,15-16,18-20H2,1-14H3/b21-17+/t22-/m1/s1. The van der Waals surface area contributed by atoms with Crippen molar-refractivity contribution in [2.24, 2.45) is 0 Å². The fourth-order valence-corrected chi connectivity index (χ4v) is 35.5. The predicted octanol–water partition coefficient (Wildman–Crippen LogP) is 8.25. The van der Waals surface area contributed by atoms with Gasteiger partial charge in [-0.3, -0.25) is 0 Å². The third-order valence-corrected chi connectivity index (χ3v) is 32.7. The summed E-state index contributed by atoms with van der Waals surface area (Å²) in [6.07, 6.45) is 4.28. The van der Waals surface area contributed by atoms with E-state index in [9.17, 15) is 5.11 Å². The van der Waals surface area contributed by atoms with Crippen LogP contribution >= 0.6 is 22.6 Å². The highest BCUT2D eigenvalue weighted by Crippen LogP contribution is 2.43. The summed E-state index contributed by atoms with van der Waals surface area (Å²) >= 11 is 2.42. The van der Waals surface area contributed by atoms with Crippen molar-refractivity contribution in [2.75, 3.05) is 13.2 Å². The van der Waals surface area contributed by atoms with Crippen molar-refractivity contribution in [1.29, 1.82) is 0 Å². The predicted molar refractivity (Wildman–Crippen MR) is 164 cm³/mol. The van der Waals surface area contributed by atoms with Crippen LogP contribution < -0.4 is 0 Å². The Balaban J connectivity index is 4.95. The van der Waals surface area contributed by atoms with Gasteiger partial charge in [0.15, 0.2) is 8.32 Å². The summed E-state index contributed by atoms with van der Waals surface area (Å²) in [4.78, 5) is 0. The number of ether oxygens (including phenoxy) is 1. The van der Waals surface area contributed by atoms with E-state index < -0.39 is 32.5 Å². The molecule has 0 bridgehead atoms. The van der Waals surface area contributed by atoms with E-state index in [-0.39, 0.29) is 15.6 Å². The number of hydrogen-bond donors (Lipinski definition) is 1. The molecule has 0 saturated heterocycles. The van der Waals surface area contributed by atoms with Gasteiger partial charge in [-0.2, -0.15) is 0 Å². The van der Waals surface area contributed by atoms with Gasteiger partial charge in [-0.05, 0) is 60.0 Å². The molecule has 0 unspecified atom stereocenters. The Morgan fingerprint density at radius 1 is 0.875 bits per heavy atom. The van der Waals surface area contributed by atoms with Gasteiger partial charge in [0.25, 0.3) is 0 Å². The van der Waals surface area contributed by atoms with Crippen LogP contribution in [0.15, 0.2) is 9.66 Å². The van der Waals surface area contributed by atoms with Crippen molar-refractivity contribution in [3.05, 3.63) is 9.66 Å². The number of aliphatic hydroxyl groups is 1. The SMILES string of the molecule is CC(C)(C)[Si](C)(C)OCCC[C@@H](O)C/C=C(/I)COC([Si](C)(C)C)([Si](C)(C)C)[Si](C)(C)C. The van der Waals surface area contributed by atoms with Crippen molar-refractivity contribution in [3.63, 3.8) is 0 Å². The second-order valence-corrected chi connectivity index (χ2v) is 37.3. The van der Waals surface area contributed by atoms with Crippen LogP contribution in [0.5, 0.6) is 0 Å². The molecule has 1 N–H and O–H groups in total. The second kappa shape index (κ2) is 12.0. The van der Waals surface area contributed by atoms with Crippen LogP contribution in [-0.2, 0) is 9.16 Å². The van der Waals surface area contributed by atoms with Gasteiger partial charge in [0.1, 0.15) is 0 Å². The molecule has 32 heavy (non-hydrogen) atoms. The van der Waals surface area contributed by atoms with E-state index in [2.05, 4.69) is 121 Å². The third kappa shape index (κ3) is 9.02. The Bertz CT molecular complexity index is 573. The van der Waals surface area contributed by atoms with Crippen LogP contribution in [0.25, 0.3) is 0 Å². The summed E-state index contributed by atoms with van der Waals surface area (Å²) in [5.74, 6) is 0. The summed E-state index contributed by atoms with van der Waals surface area (Å²) in [6, 6.07) is 0. The lowest BCUT2D eigenvalue weighted by Crippen LogP contribution is -2.78. The summed E-state index contributed by atoms with van der Waals surface area (Å²) < 4.78 is 14.6. The van der Waals surface area contributed by atoms with Crippen LogP contribution in [0.1, 0.15) is 40.0 Å². The molecule has 0 amide bonds. The molecular formula is C24H55IO3Si4. The van der Waals surface area contributed by atoms with Crippen LogP contribution in [0.3, 0.4) is 0 Å². The zero-order valence-corrected chi connectivity index (χ0v) is 30.0. The lowest BCUT2D eigenvalue weighted by molar-refractivity contribution is 0.131. The number of hydrogen-bond acceptors (Lipinski definition) is 3. The van der Waals surface area contributed by atoms with Crippen LogP contribution in [-0.4, -0.2) is 61.4 Å². The van der Waals surface area contributed by atoms with Gasteiger partial charge in [-0.25, -0.2) is 0 Å². The molecular weight excluding hydrogens is 576 g/mol. The molecule has 0 aromatic carbocycles. The molecule has 0 heterocycles. The van der Waals surface area contributed by atoms with Gasteiger partial charge in [0, 0.05) is 14.7 Å². The van der Waals surface area contributed by atoms with E-state index in [1.807, 2.05) is 0 Å². The Kier molecular flexibility index (Phi) is 12.4. The molecule has 8 heteroatoms. The molecule has 0 rings (SSSR count). The fraction of sp³-hybridized carbons (Fsp3) is 0.917. The molecule has 0 radical (unpaired) electrons. The Morgan fingerprint density at radius 2 is 1.31 bits per heavy atom. The average Bonchev–Trinajstić information content (AvgIpc) is 2.52. The zero-order chi connectivity index (χ0) is 25.8. The Labute approximate surface area is 218 Å². The highest BCUT2D eigenvalue weighted by atomic mass is 127. The number of halogens is 1. The van der Waals surface area contributed by atoms with E-state index >= 15 is 0 Å². The zero-order valence-electron chi connectivity index (χ0n) is 23.8. The molecule has 0 saturated carbocycles. The fourth-order valence-electron chi connectivity index (χ4n) is 5.51. The summed E-state index contributed by atoms with van der Waals surface area (Å²) in [5, 5.41) is 10.7. The van der Waals surface area contributed by atoms with Gasteiger partial charge in [-0.1, -0.05) is 85.8 Å². The van der Waals surface area contributed by atoms with Crippen LogP contribution in [0.2, 0.25) is 77.1 Å². The Hall–Kier alpha value is 1.22. The molecule has 0 fully saturated rings. The van der Waals surface area contributed by atoms with E-state index in [4.69, 9.17) is 9.16 Å². The van der Waals surface area contributed by atoms with Crippen LogP contribution in [0, 0.1) is 0 Å². The first-order valence-electron chi connectivity index (χ1n) is 12.3. The van der Waals surface area contributed by atoms with Crippen molar-refractivity contribution < 1.29 is 14.3 Å². The molecule has 1 atom stereocenters. The van der Waals surface area contributed by atoms with Gasteiger partial charge in [0.2, 0.25) is 0 Å². The molecule has 0 aromatic heterocycles. The minimum Gasteiger partial charge on any atom is -0.417 e. The lowest BCUT2D eigenvalue weighted by Gasteiger charge is -2.58. The normalized spacial score (nSPS) is 16.4. The van der Waals surface area contributed by atoms with E-state index in [1.165, 1.54) is 3.58 Å². The minimum absolute atomic E-state index is 0.108. The van der Waals surface area contributed by atoms with E-state index in [1.54, 1.807) is 0 Å². The monoisotopic (exact) mass is 630 g/mol. The van der Waals surface area contributed by atoms with E-state index in [0.29, 0.717) is 13.0 Å². The first-order valence-corrected chi connectivity index (χ1v) is 26.8. The highest BCUT2D eigenvalue weighted by Gasteiger charge is 2.61. The van der Waals surface area contributed by atoms with Gasteiger partial charge in [-0.15, -0.1) is 0 Å².